The summed E-state index contributed by atoms with van der Waals surface area (Å²) in [6.45, 7) is 5.98. The van der Waals surface area contributed by atoms with E-state index in [-0.39, 0.29) is 29.0 Å². The maximum absolute atomic E-state index is 12.6. The van der Waals surface area contributed by atoms with Crippen molar-refractivity contribution >= 4 is 23.4 Å². The Morgan fingerprint density at radius 2 is 2.00 bits per heavy atom. The van der Waals surface area contributed by atoms with Crippen LogP contribution in [-0.4, -0.2) is 37.6 Å². The van der Waals surface area contributed by atoms with E-state index in [0.29, 0.717) is 18.0 Å². The molecule has 0 radical (unpaired) electrons. The van der Waals surface area contributed by atoms with Gasteiger partial charge in [-0.25, -0.2) is 0 Å². The Bertz CT molecular complexity index is 637. The summed E-state index contributed by atoms with van der Waals surface area (Å²) < 4.78 is 10.5. The molecule has 0 aliphatic heterocycles. The Morgan fingerprint density at radius 3 is 2.48 bits per heavy atom. The lowest BCUT2D eigenvalue weighted by Gasteiger charge is -2.31. The molecule has 1 aromatic rings. The second-order valence-corrected chi connectivity index (χ2v) is 6.97. The van der Waals surface area contributed by atoms with Gasteiger partial charge in [-0.15, -0.1) is 0 Å². The molecule has 8 heteroatoms. The van der Waals surface area contributed by atoms with Crippen LogP contribution in [0.25, 0.3) is 0 Å². The largest absolute Gasteiger partial charge is 0.493 e. The molecule has 0 aliphatic carbocycles. The molecule has 25 heavy (non-hydrogen) atoms. The number of primary amides is 1. The molecule has 140 valence electrons. The Hall–Kier alpha value is -1.99. The number of methoxy groups -OCH3 is 1. The van der Waals surface area contributed by atoms with Gasteiger partial charge in [0.2, 0.25) is 0 Å². The number of halogens is 1. The van der Waals surface area contributed by atoms with Crippen molar-refractivity contribution in [2.75, 3.05) is 20.3 Å². The minimum absolute atomic E-state index is 0.143. The third-order valence-corrected chi connectivity index (χ3v) is 3.86. The van der Waals surface area contributed by atoms with E-state index in [1.165, 1.54) is 19.2 Å². The van der Waals surface area contributed by atoms with Crippen molar-refractivity contribution in [3.8, 4) is 11.5 Å². The van der Waals surface area contributed by atoms with Crippen LogP contribution in [0.1, 0.15) is 37.6 Å². The molecule has 5 N–H and O–H groups in total. The number of hydrogen-bond acceptors (Lipinski definition) is 5. The van der Waals surface area contributed by atoms with Gasteiger partial charge in [0.15, 0.2) is 18.1 Å². The van der Waals surface area contributed by atoms with Gasteiger partial charge in [0.1, 0.15) is 0 Å². The average molecular weight is 372 g/mol. The molecule has 0 aliphatic rings. The maximum atomic E-state index is 12.6. The first-order valence-corrected chi connectivity index (χ1v) is 8.31. The van der Waals surface area contributed by atoms with Gasteiger partial charge in [-0.05, 0) is 31.4 Å². The molecule has 0 aromatic heterocycles. The van der Waals surface area contributed by atoms with E-state index in [2.05, 4.69) is 19.2 Å². The number of carbonyl (C=O) groups excluding carboxylic acids is 2. The third-order valence-electron chi connectivity index (χ3n) is 3.58. The Kier molecular flexibility index (Phi) is 7.51. The van der Waals surface area contributed by atoms with Crippen LogP contribution >= 0.6 is 11.6 Å². The van der Waals surface area contributed by atoms with Crippen LogP contribution in [-0.2, 0) is 4.79 Å². The summed E-state index contributed by atoms with van der Waals surface area (Å²) in [5, 5.41) is 3.09. The van der Waals surface area contributed by atoms with Gasteiger partial charge in [-0.1, -0.05) is 25.4 Å². The fourth-order valence-electron chi connectivity index (χ4n) is 2.57. The molecule has 0 saturated carbocycles. The van der Waals surface area contributed by atoms with Gasteiger partial charge in [-0.2, -0.15) is 0 Å². The molecule has 1 unspecified atom stereocenters. The van der Waals surface area contributed by atoms with Gasteiger partial charge in [0.25, 0.3) is 11.8 Å². The molecule has 0 heterocycles. The zero-order valence-corrected chi connectivity index (χ0v) is 15.8. The zero-order chi connectivity index (χ0) is 19.2. The lowest BCUT2D eigenvalue weighted by atomic mass is 9.90. The molecule has 7 nitrogen and oxygen atoms in total. The lowest BCUT2D eigenvalue weighted by molar-refractivity contribution is -0.119. The molecule has 1 rings (SSSR count). The highest BCUT2D eigenvalue weighted by atomic mass is 35.5. The normalized spacial score (nSPS) is 13.2. The summed E-state index contributed by atoms with van der Waals surface area (Å²) in [7, 11) is 1.41. The molecular weight excluding hydrogens is 346 g/mol. The van der Waals surface area contributed by atoms with Crippen LogP contribution in [0.5, 0.6) is 11.5 Å². The fourth-order valence-corrected chi connectivity index (χ4v) is 2.83. The van der Waals surface area contributed by atoms with Crippen LogP contribution in [0.15, 0.2) is 12.1 Å². The van der Waals surface area contributed by atoms with Crippen molar-refractivity contribution in [1.29, 1.82) is 0 Å². The Morgan fingerprint density at radius 1 is 1.36 bits per heavy atom. The second kappa shape index (κ2) is 8.92. The van der Waals surface area contributed by atoms with E-state index in [9.17, 15) is 9.59 Å². The van der Waals surface area contributed by atoms with Gasteiger partial charge in [-0.3, -0.25) is 9.59 Å². The molecule has 2 amide bonds. The first kappa shape index (κ1) is 21.1. The van der Waals surface area contributed by atoms with E-state index in [0.717, 1.165) is 6.42 Å². The van der Waals surface area contributed by atoms with Crippen LogP contribution in [0.3, 0.4) is 0 Å². The molecular formula is C17H26ClN3O4. The van der Waals surface area contributed by atoms with Crippen LogP contribution in [0, 0.1) is 5.92 Å². The van der Waals surface area contributed by atoms with Crippen LogP contribution in [0.2, 0.25) is 5.02 Å². The van der Waals surface area contributed by atoms with Crippen molar-refractivity contribution in [2.45, 2.75) is 32.7 Å². The van der Waals surface area contributed by atoms with Crippen molar-refractivity contribution < 1.29 is 19.1 Å². The van der Waals surface area contributed by atoms with Gasteiger partial charge < -0.3 is 26.3 Å². The van der Waals surface area contributed by atoms with Crippen LogP contribution in [0.4, 0.5) is 0 Å². The quantitative estimate of drug-likeness (QED) is 0.610. The summed E-state index contributed by atoms with van der Waals surface area (Å²) >= 11 is 6.17. The van der Waals surface area contributed by atoms with Gasteiger partial charge >= 0.3 is 0 Å². The van der Waals surface area contributed by atoms with Gasteiger partial charge in [0, 0.05) is 17.6 Å². The number of carbonyl (C=O) groups is 2. The summed E-state index contributed by atoms with van der Waals surface area (Å²) in [6.07, 6.45) is 0.736. The molecule has 1 aromatic carbocycles. The highest BCUT2D eigenvalue weighted by molar-refractivity contribution is 6.32. The number of benzene rings is 1. The van der Waals surface area contributed by atoms with E-state index >= 15 is 0 Å². The monoisotopic (exact) mass is 371 g/mol. The van der Waals surface area contributed by atoms with Crippen molar-refractivity contribution in [3.63, 3.8) is 0 Å². The molecule has 0 spiro atoms. The summed E-state index contributed by atoms with van der Waals surface area (Å²) in [6, 6.07) is 2.94. The number of hydrogen-bond donors (Lipinski definition) is 3. The second-order valence-electron chi connectivity index (χ2n) is 6.56. The lowest BCUT2D eigenvalue weighted by Crippen LogP contribution is -2.52. The van der Waals surface area contributed by atoms with E-state index < -0.39 is 11.4 Å². The first-order valence-electron chi connectivity index (χ1n) is 7.93. The molecule has 0 saturated heterocycles. The van der Waals surface area contributed by atoms with Gasteiger partial charge in [0.05, 0.1) is 12.1 Å². The van der Waals surface area contributed by atoms with E-state index in [1.54, 1.807) is 0 Å². The van der Waals surface area contributed by atoms with E-state index in [4.69, 9.17) is 32.5 Å². The zero-order valence-electron chi connectivity index (χ0n) is 15.0. The number of rotatable bonds is 9. The molecule has 1 atom stereocenters. The third kappa shape index (κ3) is 6.10. The standard InChI is InChI=1S/C17H26ClN3O4/c1-10(2)7-17(3,9-19)21-16(23)11-5-12(18)15(13(6-11)24-4)25-8-14(20)22/h5-6,10H,7-9,19H2,1-4H3,(H2,20,22)(H,21,23). The minimum atomic E-state index is -0.646. The smallest absolute Gasteiger partial charge is 0.255 e. The van der Waals surface area contributed by atoms with E-state index in [1.807, 2.05) is 6.92 Å². The number of nitrogens with two attached hydrogens (primary N) is 2. The van der Waals surface area contributed by atoms with Crippen molar-refractivity contribution in [3.05, 3.63) is 22.7 Å². The Balaban J connectivity index is 3.07. The summed E-state index contributed by atoms with van der Waals surface area (Å²) in [5.41, 5.74) is 10.7. The SMILES string of the molecule is COc1cc(C(=O)NC(C)(CN)CC(C)C)cc(Cl)c1OCC(N)=O. The summed E-state index contributed by atoms with van der Waals surface area (Å²) in [4.78, 5) is 23.5. The number of nitrogens with one attached hydrogen (secondary N) is 1. The average Bonchev–Trinajstić information content (AvgIpc) is 2.51. The molecule has 0 bridgehead atoms. The van der Waals surface area contributed by atoms with Crippen molar-refractivity contribution in [2.24, 2.45) is 17.4 Å². The highest BCUT2D eigenvalue weighted by Gasteiger charge is 2.27. The first-order chi connectivity index (χ1) is 11.6. The molecule has 0 fully saturated rings. The minimum Gasteiger partial charge on any atom is -0.493 e. The predicted molar refractivity (Wildman–Crippen MR) is 97.1 cm³/mol. The summed E-state index contributed by atoms with van der Waals surface area (Å²) in [5.74, 6) is -0.209. The number of amides is 2. The van der Waals surface area contributed by atoms with Crippen LogP contribution < -0.4 is 26.3 Å². The predicted octanol–water partition coefficient (Wildman–Crippen LogP) is 1.71. The topological polar surface area (TPSA) is 117 Å². The fraction of sp³-hybridized carbons (Fsp3) is 0.529. The maximum Gasteiger partial charge on any atom is 0.255 e. The number of ether oxygens (including phenoxy) is 2. The highest BCUT2D eigenvalue weighted by Crippen LogP contribution is 2.36. The van der Waals surface area contributed by atoms with Crippen molar-refractivity contribution in [1.82, 2.24) is 5.32 Å². The Labute approximate surface area is 153 Å².